The Morgan fingerprint density at radius 3 is 1.09 bits per heavy atom. The van der Waals surface area contributed by atoms with Gasteiger partial charge in [0.05, 0.1) is 19.8 Å². The number of hydrogen-bond donors (Lipinski definition) is 3. The Hall–Kier alpha value is -3.33. The minimum atomic E-state index is -0.710. The summed E-state index contributed by atoms with van der Waals surface area (Å²) in [5, 5.41) is 16.7. The molecule has 1 rings (SSSR count). The molecule has 580 valence electrons. The van der Waals surface area contributed by atoms with Gasteiger partial charge in [0.1, 0.15) is 12.1 Å². The number of rotatable bonds is 77. The molecule has 1 aliphatic heterocycles. The molecular weight excluding hydrogens is 1240 g/mol. The van der Waals surface area contributed by atoms with E-state index in [1.54, 1.807) is 0 Å². The summed E-state index contributed by atoms with van der Waals surface area (Å²) in [6.07, 6.45) is 72.2. The van der Waals surface area contributed by atoms with Crippen molar-refractivity contribution in [2.75, 3.05) is 65.7 Å². The number of nitrogens with one attached hydrogen (secondary N) is 2. The quantitative estimate of drug-likeness (QED) is 0.0173. The standard InChI is InChI=1S/C85H160N4O10/c1-6-9-12-15-18-20-22-24-26-28-30-32-34-40-45-64-81(91)97-74-57-53-70-88(69-52-56-73-96-78(5)90)67-50-48-62-79-84(94)87-80(85(95)86-79)63-49-51-68-89(71-54-58-75-98-82(92)65-46-41-35-33-31-29-27-25-23-21-19-16-13-10-7-2)72-55-59-76-99-83(93)66-47-42-37-36-39-44-61-77(4)60-43-38-17-14-11-8-3/h19,21,25,27,77,79-80,83,93H,6-18,20,22-24,26,28-76H2,1-5H3,(H,86,95)(H,87,94)/b21-19-,27-25-/t77-,79?,80?,83?/m0/s1. The molecule has 4 atom stereocenters. The van der Waals surface area contributed by atoms with Gasteiger partial charge in [0, 0.05) is 26.4 Å². The molecule has 0 aromatic rings. The third-order valence-electron chi connectivity index (χ3n) is 20.1. The lowest BCUT2D eigenvalue weighted by Gasteiger charge is -2.30. The maximum absolute atomic E-state index is 13.4. The van der Waals surface area contributed by atoms with Crippen LogP contribution in [0.1, 0.15) is 401 Å². The zero-order chi connectivity index (χ0) is 71.8. The molecular formula is C85H160N4O10. The minimum absolute atomic E-state index is 0.0891. The minimum Gasteiger partial charge on any atom is -0.466 e. The van der Waals surface area contributed by atoms with Gasteiger partial charge in [-0.2, -0.15) is 0 Å². The molecule has 1 aliphatic rings. The number of amides is 2. The third-order valence-corrected chi connectivity index (χ3v) is 20.1. The maximum Gasteiger partial charge on any atom is 0.305 e. The average molecular weight is 1400 g/mol. The first kappa shape index (κ1) is 93.7. The summed E-state index contributed by atoms with van der Waals surface area (Å²) in [6.45, 7) is 17.8. The summed E-state index contributed by atoms with van der Waals surface area (Å²) >= 11 is 0. The second-order valence-electron chi connectivity index (χ2n) is 29.8. The van der Waals surface area contributed by atoms with E-state index in [0.29, 0.717) is 58.5 Å². The number of carbonyl (C=O) groups is 5. The molecule has 0 bridgehead atoms. The lowest BCUT2D eigenvalue weighted by Crippen LogP contribution is -2.61. The Labute approximate surface area is 610 Å². The predicted octanol–water partition coefficient (Wildman–Crippen LogP) is 21.6. The molecule has 1 heterocycles. The molecule has 3 N–H and O–H groups in total. The van der Waals surface area contributed by atoms with Gasteiger partial charge < -0.3 is 44.5 Å². The molecule has 1 fully saturated rings. The largest absolute Gasteiger partial charge is 0.466 e. The first-order valence-electron chi connectivity index (χ1n) is 42.6. The summed E-state index contributed by atoms with van der Waals surface area (Å²) in [5.41, 5.74) is 0. The Morgan fingerprint density at radius 1 is 0.384 bits per heavy atom. The number of ether oxygens (including phenoxy) is 4. The van der Waals surface area contributed by atoms with E-state index in [1.807, 2.05) is 0 Å². The van der Waals surface area contributed by atoms with E-state index >= 15 is 0 Å². The van der Waals surface area contributed by atoms with E-state index in [1.165, 1.54) is 206 Å². The number of aliphatic hydroxyl groups excluding tert-OH is 1. The topological polar surface area (TPSA) is 173 Å². The molecule has 0 spiro atoms. The van der Waals surface area contributed by atoms with Crippen molar-refractivity contribution >= 4 is 29.7 Å². The van der Waals surface area contributed by atoms with Crippen LogP contribution in [0.2, 0.25) is 0 Å². The number of allylic oxidation sites excluding steroid dienone is 4. The fourth-order valence-electron chi connectivity index (χ4n) is 13.6. The molecule has 3 unspecified atom stereocenters. The average Bonchev–Trinajstić information content (AvgIpc) is 0.894. The second kappa shape index (κ2) is 73.0. The van der Waals surface area contributed by atoms with Crippen LogP contribution >= 0.6 is 0 Å². The predicted molar refractivity (Wildman–Crippen MR) is 415 cm³/mol. The van der Waals surface area contributed by atoms with Gasteiger partial charge in [-0.3, -0.25) is 24.0 Å². The van der Waals surface area contributed by atoms with E-state index in [9.17, 15) is 29.1 Å². The van der Waals surface area contributed by atoms with E-state index in [0.717, 1.165) is 180 Å². The highest BCUT2D eigenvalue weighted by atomic mass is 16.6. The second-order valence-corrected chi connectivity index (χ2v) is 29.8. The number of nitrogens with zero attached hydrogens (tertiary/aromatic N) is 2. The summed E-state index contributed by atoms with van der Waals surface area (Å²) in [7, 11) is 0. The number of unbranched alkanes of at least 4 members (excludes halogenated alkanes) is 38. The Morgan fingerprint density at radius 2 is 0.697 bits per heavy atom. The van der Waals surface area contributed by atoms with Gasteiger partial charge in [-0.25, -0.2) is 0 Å². The van der Waals surface area contributed by atoms with E-state index in [2.05, 4.69) is 72.4 Å². The first-order valence-corrected chi connectivity index (χ1v) is 42.6. The van der Waals surface area contributed by atoms with Crippen LogP contribution in [0.5, 0.6) is 0 Å². The highest BCUT2D eigenvalue weighted by Gasteiger charge is 2.33. The van der Waals surface area contributed by atoms with Crippen molar-refractivity contribution < 1.29 is 48.0 Å². The molecule has 14 heteroatoms. The third kappa shape index (κ3) is 65.2. The molecule has 14 nitrogen and oxygen atoms in total. The van der Waals surface area contributed by atoms with Gasteiger partial charge in [0.2, 0.25) is 11.8 Å². The van der Waals surface area contributed by atoms with Crippen molar-refractivity contribution in [3.05, 3.63) is 24.3 Å². The fraction of sp³-hybridized carbons (Fsp3) is 0.894. The summed E-state index contributed by atoms with van der Waals surface area (Å²) in [5.74, 6) is 0.184. The maximum atomic E-state index is 13.4. The van der Waals surface area contributed by atoms with E-state index < -0.39 is 18.4 Å². The Bertz CT molecular complexity index is 1890. The Kier molecular flexibility index (Phi) is 69.1. The van der Waals surface area contributed by atoms with Crippen LogP contribution in [0, 0.1) is 5.92 Å². The number of aliphatic hydroxyl groups is 1. The van der Waals surface area contributed by atoms with Crippen LogP contribution in [0.15, 0.2) is 24.3 Å². The highest BCUT2D eigenvalue weighted by Crippen LogP contribution is 2.21. The molecule has 99 heavy (non-hydrogen) atoms. The van der Waals surface area contributed by atoms with Crippen LogP contribution in [-0.4, -0.2) is 129 Å². The van der Waals surface area contributed by atoms with Crippen molar-refractivity contribution in [2.45, 2.75) is 419 Å². The molecule has 0 aliphatic carbocycles. The molecule has 0 aromatic carbocycles. The zero-order valence-corrected chi connectivity index (χ0v) is 65.5. The number of carbonyl (C=O) groups excluding carboxylic acids is 5. The van der Waals surface area contributed by atoms with Crippen LogP contribution in [0.4, 0.5) is 0 Å². The van der Waals surface area contributed by atoms with Gasteiger partial charge in [-0.15, -0.1) is 0 Å². The van der Waals surface area contributed by atoms with Gasteiger partial charge in [0.15, 0.2) is 6.29 Å². The van der Waals surface area contributed by atoms with Crippen LogP contribution in [-0.2, 0) is 42.9 Å². The molecule has 1 saturated heterocycles. The van der Waals surface area contributed by atoms with Gasteiger partial charge in [-0.05, 0) is 193 Å². The monoisotopic (exact) mass is 1400 g/mol. The first-order chi connectivity index (χ1) is 48.5. The number of piperazine rings is 1. The summed E-state index contributed by atoms with van der Waals surface area (Å²) in [4.78, 5) is 68.1. The SMILES string of the molecule is CCCCC/C=C\C/C=C\CCCCCCCC(=O)OCCCCN(CCCCOC(O)CCCCCCCC[C@@H](C)CCCCCCCC)CCCCC1NC(=O)C(CCCCN(CCCCOC(C)=O)CCCCOC(=O)CCCCCCCCCCCCCCCCC)NC1=O. The van der Waals surface area contributed by atoms with E-state index in [4.69, 9.17) is 18.9 Å². The van der Waals surface area contributed by atoms with Crippen molar-refractivity contribution in [1.29, 1.82) is 0 Å². The molecule has 0 saturated carbocycles. The van der Waals surface area contributed by atoms with Crippen molar-refractivity contribution in [1.82, 2.24) is 20.4 Å². The van der Waals surface area contributed by atoms with Crippen molar-refractivity contribution in [2.24, 2.45) is 5.92 Å². The van der Waals surface area contributed by atoms with Crippen molar-refractivity contribution in [3.63, 3.8) is 0 Å². The highest BCUT2D eigenvalue weighted by molar-refractivity contribution is 5.96. The smallest absolute Gasteiger partial charge is 0.305 e. The van der Waals surface area contributed by atoms with Crippen molar-refractivity contribution in [3.8, 4) is 0 Å². The van der Waals surface area contributed by atoms with Gasteiger partial charge in [-0.1, -0.05) is 257 Å². The normalized spacial score (nSPS) is 14.8. The lowest BCUT2D eigenvalue weighted by atomic mass is 9.96. The number of esters is 3. The van der Waals surface area contributed by atoms with Crippen LogP contribution in [0.25, 0.3) is 0 Å². The van der Waals surface area contributed by atoms with E-state index in [-0.39, 0.29) is 29.7 Å². The zero-order valence-electron chi connectivity index (χ0n) is 65.5. The van der Waals surface area contributed by atoms with Crippen LogP contribution < -0.4 is 10.6 Å². The molecule has 0 aromatic heterocycles. The summed E-state index contributed by atoms with van der Waals surface area (Å²) < 4.78 is 22.3. The fourth-order valence-corrected chi connectivity index (χ4v) is 13.6. The summed E-state index contributed by atoms with van der Waals surface area (Å²) in [6, 6.07) is -1.09. The number of hydrogen-bond acceptors (Lipinski definition) is 12. The van der Waals surface area contributed by atoms with Crippen LogP contribution in [0.3, 0.4) is 0 Å². The molecule has 0 radical (unpaired) electrons. The van der Waals surface area contributed by atoms with Gasteiger partial charge >= 0.3 is 17.9 Å². The lowest BCUT2D eigenvalue weighted by molar-refractivity contribution is -0.144. The van der Waals surface area contributed by atoms with Gasteiger partial charge in [0.25, 0.3) is 0 Å². The Balaban J connectivity index is 2.50. The molecule has 2 amide bonds.